The number of nitrogens with one attached hydrogen (secondary N) is 1. The number of hydrogen-bond donors (Lipinski definition) is 2. The average Bonchev–Trinajstić information content (AvgIpc) is 2.82. The number of nitrogens with zero attached hydrogens (tertiary/aromatic N) is 4. The van der Waals surface area contributed by atoms with Crippen LogP contribution in [0.25, 0.3) is 22.3 Å². The molecule has 9 heteroatoms. The maximum atomic E-state index is 9.71. The molecule has 9 nitrogen and oxygen atoms in total. The molecule has 3 heterocycles. The summed E-state index contributed by atoms with van der Waals surface area (Å²) in [5.74, 6) is 1.90. The zero-order valence-electron chi connectivity index (χ0n) is 19.8. The average molecular weight is 454 g/mol. The van der Waals surface area contributed by atoms with Gasteiger partial charge in [0, 0.05) is 24.8 Å². The van der Waals surface area contributed by atoms with E-state index in [4.69, 9.17) is 29.2 Å². The number of benzene rings is 1. The summed E-state index contributed by atoms with van der Waals surface area (Å²) in [6, 6.07) is 9.77. The van der Waals surface area contributed by atoms with Crippen molar-refractivity contribution in [3.8, 4) is 17.0 Å². The van der Waals surface area contributed by atoms with Crippen LogP contribution in [0.1, 0.15) is 26.3 Å². The Morgan fingerprint density at radius 3 is 2.70 bits per heavy atom. The molecule has 4 rings (SSSR count). The molecule has 0 saturated carbocycles. The van der Waals surface area contributed by atoms with Gasteiger partial charge in [-0.1, -0.05) is 0 Å². The molecule has 176 valence electrons. The smallest absolute Gasteiger partial charge is 0.228 e. The highest BCUT2D eigenvalue weighted by Gasteiger charge is 2.25. The normalized spacial score (nSPS) is 16.8. The molecule has 1 aliphatic rings. The molecular formula is C24H31N5O4. The van der Waals surface area contributed by atoms with E-state index < -0.39 is 5.72 Å². The maximum absolute atomic E-state index is 9.71. The molecular weight excluding hydrogens is 422 g/mol. The van der Waals surface area contributed by atoms with Gasteiger partial charge in [0.05, 0.1) is 44.1 Å². The van der Waals surface area contributed by atoms with Gasteiger partial charge in [0.2, 0.25) is 5.95 Å². The molecule has 2 N–H and O–H groups in total. The lowest BCUT2D eigenvalue weighted by Gasteiger charge is -2.35. The molecule has 0 radical (unpaired) electrons. The van der Waals surface area contributed by atoms with Gasteiger partial charge in [0.15, 0.2) is 5.65 Å². The van der Waals surface area contributed by atoms with Crippen molar-refractivity contribution >= 4 is 22.8 Å². The first-order valence-corrected chi connectivity index (χ1v) is 11.0. The maximum Gasteiger partial charge on any atom is 0.228 e. The molecule has 0 amide bonds. The lowest BCUT2D eigenvalue weighted by molar-refractivity contribution is 0.0473. The number of morpholine rings is 1. The van der Waals surface area contributed by atoms with Gasteiger partial charge in [-0.3, -0.25) is 0 Å². The molecule has 1 atom stereocenters. The van der Waals surface area contributed by atoms with Crippen LogP contribution in [0.4, 0.5) is 11.8 Å². The minimum atomic E-state index is -0.648. The Hall–Kier alpha value is -3.01. The summed E-state index contributed by atoms with van der Waals surface area (Å²) in [6.07, 6.45) is 0. The monoisotopic (exact) mass is 453 g/mol. The fraction of sp³-hybridized carbons (Fsp3) is 0.458. The van der Waals surface area contributed by atoms with Crippen LogP contribution in [0, 0.1) is 0 Å². The lowest BCUT2D eigenvalue weighted by atomic mass is 10.1. The van der Waals surface area contributed by atoms with Crippen LogP contribution in [0.15, 0.2) is 30.3 Å². The van der Waals surface area contributed by atoms with E-state index in [1.165, 1.54) is 0 Å². The van der Waals surface area contributed by atoms with Crippen molar-refractivity contribution in [2.24, 2.45) is 0 Å². The minimum absolute atomic E-state index is 0.119. The van der Waals surface area contributed by atoms with Crippen molar-refractivity contribution in [1.29, 1.82) is 0 Å². The van der Waals surface area contributed by atoms with Gasteiger partial charge >= 0.3 is 0 Å². The predicted octanol–water partition coefficient (Wildman–Crippen LogP) is 3.21. The first-order chi connectivity index (χ1) is 15.8. The molecule has 0 bridgehead atoms. The lowest BCUT2D eigenvalue weighted by Crippen LogP contribution is -2.44. The number of aliphatic hydroxyl groups is 1. The van der Waals surface area contributed by atoms with Gasteiger partial charge in [0.25, 0.3) is 0 Å². The summed E-state index contributed by atoms with van der Waals surface area (Å²) in [6.45, 7) is 7.84. The van der Waals surface area contributed by atoms with E-state index in [0.29, 0.717) is 36.1 Å². The number of ether oxygens (including phenoxy) is 3. The van der Waals surface area contributed by atoms with E-state index in [2.05, 4.69) is 17.1 Å². The van der Waals surface area contributed by atoms with Gasteiger partial charge in [0.1, 0.15) is 17.3 Å². The second-order valence-corrected chi connectivity index (χ2v) is 8.58. The molecule has 1 fully saturated rings. The number of pyridine rings is 1. The third-order valence-electron chi connectivity index (χ3n) is 5.85. The van der Waals surface area contributed by atoms with Gasteiger partial charge in [-0.2, -0.15) is 9.97 Å². The summed E-state index contributed by atoms with van der Waals surface area (Å²) in [4.78, 5) is 16.6. The summed E-state index contributed by atoms with van der Waals surface area (Å²) in [7, 11) is 3.22. The van der Waals surface area contributed by atoms with E-state index in [-0.39, 0.29) is 12.6 Å². The number of methoxy groups -OCH3 is 2. The fourth-order valence-corrected chi connectivity index (χ4v) is 3.85. The Labute approximate surface area is 193 Å². The zero-order valence-corrected chi connectivity index (χ0v) is 19.8. The van der Waals surface area contributed by atoms with Crippen molar-refractivity contribution in [1.82, 2.24) is 15.0 Å². The van der Waals surface area contributed by atoms with E-state index >= 15 is 0 Å². The van der Waals surface area contributed by atoms with Crippen LogP contribution in [0.2, 0.25) is 0 Å². The molecule has 0 aliphatic carbocycles. The topological polar surface area (TPSA) is 102 Å². The highest BCUT2D eigenvalue weighted by Crippen LogP contribution is 2.31. The molecule has 0 spiro atoms. The highest BCUT2D eigenvalue weighted by atomic mass is 16.5. The van der Waals surface area contributed by atoms with Crippen LogP contribution >= 0.6 is 0 Å². The van der Waals surface area contributed by atoms with Crippen molar-refractivity contribution in [3.05, 3.63) is 35.9 Å². The van der Waals surface area contributed by atoms with E-state index in [1.807, 2.05) is 44.2 Å². The summed E-state index contributed by atoms with van der Waals surface area (Å²) in [5, 5.41) is 13.8. The van der Waals surface area contributed by atoms with E-state index in [9.17, 15) is 5.11 Å². The second-order valence-electron chi connectivity index (χ2n) is 8.58. The standard InChI is InChI=1S/C24H31N5O4/c1-15-14-33-11-10-29(15)22-18-7-8-19(16-6-9-20(31-4)17(12-16)13-30)25-21(18)26-23(27-22)28-24(2,3)32-5/h6-9,12,15,30H,10-11,13-14H2,1-5H3,(H,25,26,27,28)/t15-/m0/s1. The first kappa shape index (κ1) is 23.2. The largest absolute Gasteiger partial charge is 0.496 e. The molecule has 1 aliphatic heterocycles. The SMILES string of the molecule is COc1ccc(-c2ccc3c(N4CCOC[C@@H]4C)nc(NC(C)(C)OC)nc3n2)cc1CO. The molecule has 1 aromatic carbocycles. The van der Waals surface area contributed by atoms with Crippen LogP contribution in [-0.4, -0.2) is 65.8 Å². The Kier molecular flexibility index (Phi) is 6.64. The van der Waals surface area contributed by atoms with Crippen LogP contribution in [0.3, 0.4) is 0 Å². The number of aromatic nitrogens is 3. The first-order valence-electron chi connectivity index (χ1n) is 11.0. The summed E-state index contributed by atoms with van der Waals surface area (Å²) >= 11 is 0. The third kappa shape index (κ3) is 4.85. The zero-order chi connectivity index (χ0) is 23.6. The molecule has 33 heavy (non-hydrogen) atoms. The third-order valence-corrected chi connectivity index (χ3v) is 5.85. The summed E-state index contributed by atoms with van der Waals surface area (Å²) < 4.78 is 16.5. The minimum Gasteiger partial charge on any atom is -0.496 e. The number of hydrogen-bond acceptors (Lipinski definition) is 9. The summed E-state index contributed by atoms with van der Waals surface area (Å²) in [5.41, 5.74) is 2.24. The Bertz CT molecular complexity index is 1140. The number of anilines is 2. The van der Waals surface area contributed by atoms with E-state index in [1.54, 1.807) is 14.2 Å². The molecule has 0 unspecified atom stereocenters. The number of fused-ring (bicyclic) bond motifs is 1. The van der Waals surface area contributed by atoms with Crippen molar-refractivity contribution in [2.75, 3.05) is 44.2 Å². The molecule has 1 saturated heterocycles. The van der Waals surface area contributed by atoms with Crippen LogP contribution in [-0.2, 0) is 16.1 Å². The molecule has 3 aromatic rings. The van der Waals surface area contributed by atoms with Gasteiger partial charge in [-0.25, -0.2) is 4.98 Å². The highest BCUT2D eigenvalue weighted by molar-refractivity contribution is 5.90. The van der Waals surface area contributed by atoms with Crippen LogP contribution in [0.5, 0.6) is 5.75 Å². The van der Waals surface area contributed by atoms with Crippen LogP contribution < -0.4 is 15.0 Å². The van der Waals surface area contributed by atoms with Gasteiger partial charge in [-0.15, -0.1) is 0 Å². The number of rotatable bonds is 7. The quantitative estimate of drug-likeness (QED) is 0.522. The predicted molar refractivity (Wildman–Crippen MR) is 128 cm³/mol. The van der Waals surface area contributed by atoms with Gasteiger partial charge in [-0.05, 0) is 51.1 Å². The van der Waals surface area contributed by atoms with Crippen molar-refractivity contribution in [2.45, 2.75) is 39.1 Å². The second kappa shape index (κ2) is 9.46. The van der Waals surface area contributed by atoms with Crippen molar-refractivity contribution < 1.29 is 19.3 Å². The van der Waals surface area contributed by atoms with Crippen molar-refractivity contribution in [3.63, 3.8) is 0 Å². The fourth-order valence-electron chi connectivity index (χ4n) is 3.85. The Morgan fingerprint density at radius 1 is 1.18 bits per heavy atom. The number of aliphatic hydroxyl groups excluding tert-OH is 1. The van der Waals surface area contributed by atoms with Gasteiger partial charge < -0.3 is 29.5 Å². The molecule has 2 aromatic heterocycles. The van der Waals surface area contributed by atoms with E-state index in [0.717, 1.165) is 29.0 Å². The Balaban J connectivity index is 1.84. The Morgan fingerprint density at radius 2 is 2.00 bits per heavy atom.